The first-order valence-corrected chi connectivity index (χ1v) is 10.8. The molecule has 2 aromatic heterocycles. The van der Waals surface area contributed by atoms with Gasteiger partial charge in [0.1, 0.15) is 10.6 Å². The van der Waals surface area contributed by atoms with E-state index in [2.05, 4.69) is 25.8 Å². The number of benzene rings is 1. The highest BCUT2D eigenvalue weighted by atomic mass is 32.1. The van der Waals surface area contributed by atoms with Crippen LogP contribution in [0.15, 0.2) is 41.1 Å². The summed E-state index contributed by atoms with van der Waals surface area (Å²) in [6.45, 7) is 3.60. The molecule has 1 amide bonds. The van der Waals surface area contributed by atoms with Crippen LogP contribution in [-0.2, 0) is 0 Å². The van der Waals surface area contributed by atoms with E-state index in [-0.39, 0.29) is 10.8 Å². The lowest BCUT2D eigenvalue weighted by atomic mass is 10.2. The fraction of sp³-hybridized carbons (Fsp3) is 0.211. The molecule has 0 spiro atoms. The van der Waals surface area contributed by atoms with Crippen molar-refractivity contribution in [2.45, 2.75) is 0 Å². The van der Waals surface area contributed by atoms with Gasteiger partial charge in [0.15, 0.2) is 5.13 Å². The number of aromatic nitrogens is 1. The number of carboxylic acids is 1. The molecule has 0 saturated carbocycles. The van der Waals surface area contributed by atoms with E-state index in [1.807, 2.05) is 24.3 Å². The van der Waals surface area contributed by atoms with Crippen LogP contribution < -0.4 is 20.9 Å². The summed E-state index contributed by atoms with van der Waals surface area (Å²) in [5.74, 6) is -1.25. The number of thiazole rings is 1. The Morgan fingerprint density at radius 1 is 1.14 bits per heavy atom. The van der Waals surface area contributed by atoms with E-state index in [9.17, 15) is 9.59 Å². The van der Waals surface area contributed by atoms with Crippen LogP contribution in [0.1, 0.15) is 20.2 Å². The van der Waals surface area contributed by atoms with Crippen molar-refractivity contribution in [3.8, 4) is 0 Å². The molecule has 0 bridgehead atoms. The number of anilines is 4. The lowest BCUT2D eigenvalue weighted by Gasteiger charge is -2.31. The number of aromatic carboxylic acids is 1. The van der Waals surface area contributed by atoms with Crippen LogP contribution in [-0.4, -0.2) is 48.1 Å². The Labute approximate surface area is 175 Å². The molecule has 4 rings (SSSR count). The van der Waals surface area contributed by atoms with Crippen LogP contribution in [0, 0.1) is 0 Å². The van der Waals surface area contributed by atoms with Crippen molar-refractivity contribution in [2.75, 3.05) is 41.7 Å². The minimum atomic E-state index is -0.967. The number of hydrogen-bond acceptors (Lipinski definition) is 8. The maximum Gasteiger partial charge on any atom is 0.345 e. The smallest absolute Gasteiger partial charge is 0.345 e. The van der Waals surface area contributed by atoms with E-state index < -0.39 is 5.97 Å². The first-order valence-electron chi connectivity index (χ1n) is 9.00. The molecule has 0 aliphatic carbocycles. The van der Waals surface area contributed by atoms with Gasteiger partial charge in [0, 0.05) is 36.9 Å². The van der Waals surface area contributed by atoms with E-state index in [1.165, 1.54) is 17.4 Å². The number of nitrogens with zero attached hydrogens (tertiary/aromatic N) is 2. The van der Waals surface area contributed by atoms with Gasteiger partial charge in [0.05, 0.1) is 17.1 Å². The second-order valence-corrected chi connectivity index (χ2v) is 8.15. The molecule has 1 aliphatic heterocycles. The summed E-state index contributed by atoms with van der Waals surface area (Å²) in [7, 11) is 0. The van der Waals surface area contributed by atoms with Gasteiger partial charge in [-0.15, -0.1) is 22.7 Å². The first-order chi connectivity index (χ1) is 14.1. The van der Waals surface area contributed by atoms with Gasteiger partial charge in [0.2, 0.25) is 0 Å². The van der Waals surface area contributed by atoms with Crippen molar-refractivity contribution in [3.63, 3.8) is 0 Å². The number of para-hydroxylation sites is 2. The number of carbonyl (C=O) groups is 2. The summed E-state index contributed by atoms with van der Waals surface area (Å²) < 4.78 is 0. The van der Waals surface area contributed by atoms with Gasteiger partial charge in [-0.2, -0.15) is 0 Å². The number of piperazine rings is 1. The Kier molecular flexibility index (Phi) is 5.74. The second-order valence-electron chi connectivity index (χ2n) is 6.38. The quantitative estimate of drug-likeness (QED) is 0.476. The third-order valence-electron chi connectivity index (χ3n) is 4.41. The first kappa shape index (κ1) is 19.4. The predicted molar refractivity (Wildman–Crippen MR) is 116 cm³/mol. The summed E-state index contributed by atoms with van der Waals surface area (Å²) in [6, 6.07) is 9.29. The Bertz CT molecular complexity index is 1030. The number of rotatable bonds is 6. The Morgan fingerprint density at radius 3 is 2.69 bits per heavy atom. The molecular formula is C19H19N5O3S2. The van der Waals surface area contributed by atoms with E-state index in [0.29, 0.717) is 16.5 Å². The highest BCUT2D eigenvalue weighted by Gasteiger charge is 2.17. The normalized spacial score (nSPS) is 13.9. The summed E-state index contributed by atoms with van der Waals surface area (Å²) in [4.78, 5) is 30.5. The van der Waals surface area contributed by atoms with Crippen molar-refractivity contribution in [1.29, 1.82) is 0 Å². The van der Waals surface area contributed by atoms with E-state index in [1.54, 1.807) is 10.8 Å². The largest absolute Gasteiger partial charge is 0.477 e. The van der Waals surface area contributed by atoms with Gasteiger partial charge in [-0.1, -0.05) is 12.1 Å². The third kappa shape index (κ3) is 4.56. The Hall–Kier alpha value is -2.95. The van der Waals surface area contributed by atoms with Gasteiger partial charge in [-0.05, 0) is 18.2 Å². The molecule has 29 heavy (non-hydrogen) atoms. The van der Waals surface area contributed by atoms with Gasteiger partial charge in [-0.3, -0.25) is 4.79 Å². The van der Waals surface area contributed by atoms with E-state index >= 15 is 0 Å². The zero-order valence-electron chi connectivity index (χ0n) is 15.3. The predicted octanol–water partition coefficient (Wildman–Crippen LogP) is 3.31. The molecule has 3 heterocycles. The summed E-state index contributed by atoms with van der Waals surface area (Å²) in [6.07, 6.45) is 0. The molecular weight excluding hydrogens is 410 g/mol. The van der Waals surface area contributed by atoms with Gasteiger partial charge < -0.3 is 26.0 Å². The van der Waals surface area contributed by atoms with Crippen molar-refractivity contribution < 1.29 is 14.7 Å². The second kappa shape index (κ2) is 8.60. The maximum atomic E-state index is 12.7. The lowest BCUT2D eigenvalue weighted by Crippen LogP contribution is -2.43. The summed E-state index contributed by atoms with van der Waals surface area (Å²) in [5, 5.41) is 22.2. The topological polar surface area (TPSA) is 107 Å². The van der Waals surface area contributed by atoms with E-state index in [0.717, 1.165) is 48.9 Å². The maximum absolute atomic E-state index is 12.7. The number of nitrogens with one attached hydrogen (secondary N) is 3. The number of carboxylic acid groups (broad SMARTS) is 1. The molecule has 0 radical (unpaired) electrons. The minimum Gasteiger partial charge on any atom is -0.477 e. The van der Waals surface area contributed by atoms with Gasteiger partial charge in [0.25, 0.3) is 5.91 Å². The standard InChI is InChI=1S/C19H19N5O3S2/c25-17(22-13-3-1-2-4-15(13)24-7-5-20-6-8-24)14-11-29-19(23-14)21-12-9-16(18(26)27)28-10-12/h1-4,9-11,20H,5-8H2,(H,21,23)(H,22,25)(H,26,27). The van der Waals surface area contributed by atoms with Crippen molar-refractivity contribution in [1.82, 2.24) is 10.3 Å². The average Bonchev–Trinajstić information content (AvgIpc) is 3.39. The number of amides is 1. The molecule has 1 aliphatic rings. The van der Waals surface area contributed by atoms with Crippen LogP contribution in [0.3, 0.4) is 0 Å². The molecule has 4 N–H and O–H groups in total. The van der Waals surface area contributed by atoms with Gasteiger partial charge in [-0.25, -0.2) is 9.78 Å². The summed E-state index contributed by atoms with van der Waals surface area (Å²) in [5.41, 5.74) is 2.69. The average molecular weight is 430 g/mol. The monoisotopic (exact) mass is 429 g/mol. The SMILES string of the molecule is O=C(Nc1ccccc1N1CCNCC1)c1csc(Nc2csc(C(=O)O)c2)n1. The Morgan fingerprint density at radius 2 is 1.93 bits per heavy atom. The van der Waals surface area contributed by atoms with Crippen molar-refractivity contribution in [3.05, 3.63) is 51.7 Å². The molecule has 1 fully saturated rings. The zero-order valence-corrected chi connectivity index (χ0v) is 17.0. The molecule has 0 atom stereocenters. The molecule has 3 aromatic rings. The molecule has 1 saturated heterocycles. The zero-order chi connectivity index (χ0) is 20.2. The van der Waals surface area contributed by atoms with Crippen LogP contribution in [0.25, 0.3) is 0 Å². The van der Waals surface area contributed by atoms with Crippen molar-refractivity contribution >= 4 is 56.7 Å². The molecule has 8 nitrogen and oxygen atoms in total. The molecule has 0 unspecified atom stereocenters. The van der Waals surface area contributed by atoms with Crippen molar-refractivity contribution in [2.24, 2.45) is 0 Å². The fourth-order valence-electron chi connectivity index (χ4n) is 3.02. The molecule has 150 valence electrons. The van der Waals surface area contributed by atoms with Crippen LogP contribution in [0.5, 0.6) is 0 Å². The summed E-state index contributed by atoms with van der Waals surface area (Å²) >= 11 is 2.42. The molecule has 10 heteroatoms. The van der Waals surface area contributed by atoms with Crippen LogP contribution >= 0.6 is 22.7 Å². The highest BCUT2D eigenvalue weighted by molar-refractivity contribution is 7.14. The fourth-order valence-corrected chi connectivity index (χ4v) is 4.41. The highest BCUT2D eigenvalue weighted by Crippen LogP contribution is 2.28. The lowest BCUT2D eigenvalue weighted by molar-refractivity contribution is 0.0702. The number of hydrogen-bond donors (Lipinski definition) is 4. The van der Waals surface area contributed by atoms with Crippen LogP contribution in [0.4, 0.5) is 22.2 Å². The van der Waals surface area contributed by atoms with Crippen LogP contribution in [0.2, 0.25) is 0 Å². The van der Waals surface area contributed by atoms with Gasteiger partial charge >= 0.3 is 5.97 Å². The third-order valence-corrected chi connectivity index (χ3v) is 6.08. The minimum absolute atomic E-state index is 0.242. The Balaban J connectivity index is 1.45. The molecule has 1 aromatic carbocycles. The number of thiophene rings is 1. The van der Waals surface area contributed by atoms with E-state index in [4.69, 9.17) is 5.11 Å². The number of carbonyl (C=O) groups excluding carboxylic acids is 1.